The SMILES string of the molecule is CCC(C)(Nc1nnc(C)c(C)c1C#N)C(=O)O. The van der Waals surface area contributed by atoms with Gasteiger partial charge in [0.25, 0.3) is 0 Å². The molecule has 0 aliphatic carbocycles. The maximum absolute atomic E-state index is 11.2. The lowest BCUT2D eigenvalue weighted by Gasteiger charge is -2.25. The molecule has 0 radical (unpaired) electrons. The van der Waals surface area contributed by atoms with E-state index in [1.165, 1.54) is 0 Å². The average molecular weight is 248 g/mol. The van der Waals surface area contributed by atoms with E-state index in [1.807, 2.05) is 6.07 Å². The second kappa shape index (κ2) is 5.00. The molecule has 0 amide bonds. The van der Waals surface area contributed by atoms with Gasteiger partial charge in [0.2, 0.25) is 0 Å². The lowest BCUT2D eigenvalue weighted by Crippen LogP contribution is -2.43. The molecule has 0 saturated heterocycles. The molecule has 6 heteroatoms. The van der Waals surface area contributed by atoms with E-state index in [2.05, 4.69) is 15.5 Å². The molecule has 6 nitrogen and oxygen atoms in total. The van der Waals surface area contributed by atoms with Gasteiger partial charge in [0, 0.05) is 0 Å². The Morgan fingerprint density at radius 3 is 2.56 bits per heavy atom. The third-order valence-corrected chi connectivity index (χ3v) is 3.14. The van der Waals surface area contributed by atoms with Crippen LogP contribution in [-0.4, -0.2) is 26.8 Å². The molecule has 0 bridgehead atoms. The molecule has 1 heterocycles. The average Bonchev–Trinajstić information content (AvgIpc) is 2.34. The molecular weight excluding hydrogens is 232 g/mol. The monoisotopic (exact) mass is 248 g/mol. The van der Waals surface area contributed by atoms with Gasteiger partial charge in [0.15, 0.2) is 5.82 Å². The van der Waals surface area contributed by atoms with Crippen molar-refractivity contribution in [1.29, 1.82) is 5.26 Å². The zero-order chi connectivity index (χ0) is 13.9. The van der Waals surface area contributed by atoms with E-state index in [4.69, 9.17) is 5.26 Å². The number of hydrogen-bond acceptors (Lipinski definition) is 5. The minimum absolute atomic E-state index is 0.215. The van der Waals surface area contributed by atoms with Crippen LogP contribution in [0.2, 0.25) is 0 Å². The van der Waals surface area contributed by atoms with Crippen molar-refractivity contribution < 1.29 is 9.90 Å². The summed E-state index contributed by atoms with van der Waals surface area (Å²) in [5.74, 6) is -0.777. The molecule has 1 aromatic rings. The lowest BCUT2D eigenvalue weighted by molar-refractivity contribution is -0.141. The number of aromatic nitrogens is 2. The highest BCUT2D eigenvalue weighted by molar-refractivity contribution is 5.82. The molecule has 96 valence electrons. The molecule has 18 heavy (non-hydrogen) atoms. The number of hydrogen-bond donors (Lipinski definition) is 2. The van der Waals surface area contributed by atoms with Gasteiger partial charge >= 0.3 is 5.97 Å². The summed E-state index contributed by atoms with van der Waals surface area (Å²) < 4.78 is 0. The first-order chi connectivity index (χ1) is 8.35. The van der Waals surface area contributed by atoms with Gasteiger partial charge in [-0.15, -0.1) is 5.10 Å². The number of rotatable bonds is 4. The predicted molar refractivity (Wildman–Crippen MR) is 66.2 cm³/mol. The van der Waals surface area contributed by atoms with Crippen LogP contribution < -0.4 is 5.32 Å². The standard InChI is InChI=1S/C12H16N4O2/c1-5-12(4,11(17)18)14-10-9(6-13)7(2)8(3)15-16-10/h5H2,1-4H3,(H,14,16)(H,17,18). The molecule has 0 aromatic carbocycles. The first kappa shape index (κ1) is 13.9. The highest BCUT2D eigenvalue weighted by Gasteiger charge is 2.32. The molecule has 0 aliphatic rings. The van der Waals surface area contributed by atoms with E-state index in [1.54, 1.807) is 27.7 Å². The number of carbonyl (C=O) groups is 1. The number of nitrogens with zero attached hydrogens (tertiary/aromatic N) is 3. The van der Waals surface area contributed by atoms with Gasteiger partial charge in [-0.05, 0) is 32.8 Å². The van der Waals surface area contributed by atoms with Gasteiger partial charge < -0.3 is 10.4 Å². The lowest BCUT2D eigenvalue weighted by atomic mass is 9.98. The Labute approximate surface area is 106 Å². The molecule has 0 aliphatic heterocycles. The molecule has 1 atom stereocenters. The molecule has 0 saturated carbocycles. The number of nitrogens with one attached hydrogen (secondary N) is 1. The quantitative estimate of drug-likeness (QED) is 0.840. The number of carboxylic acids is 1. The highest BCUT2D eigenvalue weighted by Crippen LogP contribution is 2.22. The van der Waals surface area contributed by atoms with Crippen LogP contribution in [0.5, 0.6) is 0 Å². The minimum Gasteiger partial charge on any atom is -0.480 e. The van der Waals surface area contributed by atoms with Gasteiger partial charge in [-0.25, -0.2) is 4.79 Å². The van der Waals surface area contributed by atoms with Crippen molar-refractivity contribution in [3.8, 4) is 6.07 Å². The molecule has 1 aromatic heterocycles. The molecule has 0 spiro atoms. The predicted octanol–water partition coefficient (Wildman–Crippen LogP) is 1.63. The first-order valence-corrected chi connectivity index (χ1v) is 5.61. The van der Waals surface area contributed by atoms with Gasteiger partial charge in [0.1, 0.15) is 17.2 Å². The summed E-state index contributed by atoms with van der Waals surface area (Å²) in [7, 11) is 0. The summed E-state index contributed by atoms with van der Waals surface area (Å²) in [6, 6.07) is 2.03. The van der Waals surface area contributed by atoms with Gasteiger partial charge in [-0.3, -0.25) is 0 Å². The number of aliphatic carboxylic acids is 1. The Balaban J connectivity index is 3.25. The van der Waals surface area contributed by atoms with E-state index in [0.29, 0.717) is 23.2 Å². The molecule has 1 rings (SSSR count). The van der Waals surface area contributed by atoms with E-state index in [0.717, 1.165) is 0 Å². The number of carboxylic acid groups (broad SMARTS) is 1. The van der Waals surface area contributed by atoms with Crippen LogP contribution in [0.1, 0.15) is 37.1 Å². The Morgan fingerprint density at radius 2 is 2.11 bits per heavy atom. The maximum atomic E-state index is 11.2. The van der Waals surface area contributed by atoms with Crippen LogP contribution in [0.25, 0.3) is 0 Å². The summed E-state index contributed by atoms with van der Waals surface area (Å²) in [6.45, 7) is 6.82. The Hall–Kier alpha value is -2.16. The zero-order valence-electron chi connectivity index (χ0n) is 10.9. The third kappa shape index (κ3) is 2.40. The van der Waals surface area contributed by atoms with Crippen LogP contribution in [0.15, 0.2) is 0 Å². The summed E-state index contributed by atoms with van der Waals surface area (Å²) in [6.07, 6.45) is 0.363. The topological polar surface area (TPSA) is 98.9 Å². The van der Waals surface area contributed by atoms with Gasteiger partial charge in [0.05, 0.1) is 5.69 Å². The first-order valence-electron chi connectivity index (χ1n) is 5.61. The molecular formula is C12H16N4O2. The van der Waals surface area contributed by atoms with Crippen molar-refractivity contribution in [3.05, 3.63) is 16.8 Å². The van der Waals surface area contributed by atoms with E-state index in [-0.39, 0.29) is 5.82 Å². The smallest absolute Gasteiger partial charge is 0.329 e. The number of aryl methyl sites for hydroxylation is 1. The van der Waals surface area contributed by atoms with Crippen LogP contribution in [0.3, 0.4) is 0 Å². The van der Waals surface area contributed by atoms with Gasteiger partial charge in [-0.1, -0.05) is 6.92 Å². The van der Waals surface area contributed by atoms with Crippen LogP contribution in [0, 0.1) is 25.2 Å². The van der Waals surface area contributed by atoms with Crippen LogP contribution in [0.4, 0.5) is 5.82 Å². The second-order valence-electron chi connectivity index (χ2n) is 4.36. The number of nitriles is 1. The summed E-state index contributed by atoms with van der Waals surface area (Å²) >= 11 is 0. The summed E-state index contributed by atoms with van der Waals surface area (Å²) in [5, 5.41) is 28.9. The van der Waals surface area contributed by atoms with Crippen molar-refractivity contribution in [2.45, 2.75) is 39.7 Å². The Morgan fingerprint density at radius 1 is 1.50 bits per heavy atom. The van der Waals surface area contributed by atoms with Crippen molar-refractivity contribution in [2.24, 2.45) is 0 Å². The highest BCUT2D eigenvalue weighted by atomic mass is 16.4. The van der Waals surface area contributed by atoms with E-state index in [9.17, 15) is 9.90 Å². The van der Waals surface area contributed by atoms with E-state index >= 15 is 0 Å². The molecule has 2 N–H and O–H groups in total. The third-order valence-electron chi connectivity index (χ3n) is 3.14. The molecule has 0 fully saturated rings. The number of anilines is 1. The Kier molecular flexibility index (Phi) is 3.86. The van der Waals surface area contributed by atoms with Crippen LogP contribution in [-0.2, 0) is 4.79 Å². The Bertz CT molecular complexity index is 522. The molecule has 1 unspecified atom stereocenters. The normalized spacial score (nSPS) is 13.5. The largest absolute Gasteiger partial charge is 0.480 e. The summed E-state index contributed by atoms with van der Waals surface area (Å²) in [4.78, 5) is 11.2. The zero-order valence-corrected chi connectivity index (χ0v) is 10.9. The fraction of sp³-hybridized carbons (Fsp3) is 0.500. The van der Waals surface area contributed by atoms with Crippen molar-refractivity contribution in [3.63, 3.8) is 0 Å². The summed E-state index contributed by atoms with van der Waals surface area (Å²) in [5.41, 5.74) is 0.537. The van der Waals surface area contributed by atoms with Gasteiger partial charge in [-0.2, -0.15) is 10.4 Å². The fourth-order valence-electron chi connectivity index (χ4n) is 1.39. The second-order valence-corrected chi connectivity index (χ2v) is 4.36. The van der Waals surface area contributed by atoms with Crippen molar-refractivity contribution in [2.75, 3.05) is 5.32 Å². The van der Waals surface area contributed by atoms with Crippen molar-refractivity contribution in [1.82, 2.24) is 10.2 Å². The maximum Gasteiger partial charge on any atom is 0.329 e. The van der Waals surface area contributed by atoms with Crippen molar-refractivity contribution >= 4 is 11.8 Å². The van der Waals surface area contributed by atoms with Crippen LogP contribution >= 0.6 is 0 Å². The van der Waals surface area contributed by atoms with E-state index < -0.39 is 11.5 Å². The minimum atomic E-state index is -1.16. The fourth-order valence-corrected chi connectivity index (χ4v) is 1.39.